The van der Waals surface area contributed by atoms with E-state index in [0.717, 1.165) is 27.1 Å². The van der Waals surface area contributed by atoms with E-state index in [9.17, 15) is 23.1 Å². The Balaban J connectivity index is 1.77. The van der Waals surface area contributed by atoms with Crippen molar-refractivity contribution in [1.82, 2.24) is 9.78 Å². The number of alkyl halides is 3. The molecule has 4 aromatic rings. The fraction of sp³-hybridized carbons (Fsp3) is 0.182. The number of aromatic nitrogens is 2. The number of aryl methyl sites for hydroxylation is 1. The molecule has 0 aliphatic heterocycles. The van der Waals surface area contributed by atoms with Crippen molar-refractivity contribution in [3.63, 3.8) is 0 Å². The van der Waals surface area contributed by atoms with Crippen LogP contribution in [0, 0.1) is 6.92 Å². The monoisotopic (exact) mass is 445 g/mol. The van der Waals surface area contributed by atoms with Crippen LogP contribution in [0.1, 0.15) is 37.7 Å². The third kappa shape index (κ3) is 3.94. The molecule has 0 bridgehead atoms. The number of carbonyl (C=O) groups excluding carboxylic acids is 1. The van der Waals surface area contributed by atoms with Crippen molar-refractivity contribution in [3.05, 3.63) is 81.5 Å². The summed E-state index contributed by atoms with van der Waals surface area (Å²) in [4.78, 5) is 12.7. The second-order valence-corrected chi connectivity index (χ2v) is 8.26. The summed E-state index contributed by atoms with van der Waals surface area (Å²) in [6.45, 7) is 1.22. The summed E-state index contributed by atoms with van der Waals surface area (Å²) in [5, 5.41) is 15.1. The van der Waals surface area contributed by atoms with E-state index in [4.69, 9.17) is 5.73 Å². The van der Waals surface area contributed by atoms with Crippen molar-refractivity contribution in [1.29, 1.82) is 0 Å². The van der Waals surface area contributed by atoms with Crippen LogP contribution in [0.4, 0.5) is 13.2 Å². The van der Waals surface area contributed by atoms with Crippen molar-refractivity contribution in [2.24, 2.45) is 5.73 Å². The van der Waals surface area contributed by atoms with Gasteiger partial charge in [0.25, 0.3) is 5.91 Å². The summed E-state index contributed by atoms with van der Waals surface area (Å²) in [5.74, 6) is -0.670. The number of amides is 1. The van der Waals surface area contributed by atoms with Gasteiger partial charge in [-0.3, -0.25) is 4.79 Å². The van der Waals surface area contributed by atoms with Crippen molar-refractivity contribution in [2.45, 2.75) is 26.1 Å². The molecule has 0 saturated heterocycles. The van der Waals surface area contributed by atoms with Gasteiger partial charge in [-0.25, -0.2) is 4.68 Å². The number of rotatable bonds is 5. The maximum Gasteiger partial charge on any atom is 0.416 e. The van der Waals surface area contributed by atoms with E-state index >= 15 is 0 Å². The number of fused-ring (bicyclic) bond motifs is 1. The molecule has 1 amide bonds. The Morgan fingerprint density at radius 1 is 1.19 bits per heavy atom. The number of hydrogen-bond acceptors (Lipinski definition) is 4. The summed E-state index contributed by atoms with van der Waals surface area (Å²) in [5.41, 5.74) is 6.88. The largest absolute Gasteiger partial charge is 0.416 e. The minimum absolute atomic E-state index is 0.181. The number of aliphatic hydroxyl groups is 1. The van der Waals surface area contributed by atoms with E-state index in [1.165, 1.54) is 22.1 Å². The Morgan fingerprint density at radius 2 is 1.94 bits per heavy atom. The van der Waals surface area contributed by atoms with Crippen molar-refractivity contribution in [2.75, 3.05) is 0 Å². The zero-order valence-corrected chi connectivity index (χ0v) is 17.2. The lowest BCUT2D eigenvalue weighted by atomic mass is 10.1. The van der Waals surface area contributed by atoms with Crippen LogP contribution < -0.4 is 5.73 Å². The van der Waals surface area contributed by atoms with Crippen molar-refractivity contribution < 1.29 is 23.1 Å². The average Bonchev–Trinajstić information content (AvgIpc) is 3.27. The zero-order valence-electron chi connectivity index (χ0n) is 16.4. The molecule has 9 heteroatoms. The van der Waals surface area contributed by atoms with Gasteiger partial charge in [0.1, 0.15) is 0 Å². The van der Waals surface area contributed by atoms with Crippen molar-refractivity contribution >= 4 is 27.3 Å². The number of hydrogen-bond donors (Lipinski definition) is 2. The Kier molecular flexibility index (Phi) is 5.32. The van der Waals surface area contributed by atoms with Gasteiger partial charge < -0.3 is 10.8 Å². The molecule has 0 aliphatic carbocycles. The predicted octanol–water partition coefficient (Wildman–Crippen LogP) is 4.60. The Hall–Kier alpha value is -3.17. The summed E-state index contributed by atoms with van der Waals surface area (Å²) < 4.78 is 41.4. The average molecular weight is 445 g/mol. The maximum absolute atomic E-state index is 13.0. The third-order valence-corrected chi connectivity index (χ3v) is 6.16. The first kappa shape index (κ1) is 21.1. The topological polar surface area (TPSA) is 81.1 Å². The van der Waals surface area contributed by atoms with Crippen LogP contribution >= 0.6 is 11.3 Å². The van der Waals surface area contributed by atoms with E-state index in [-0.39, 0.29) is 5.56 Å². The zero-order chi connectivity index (χ0) is 22.3. The molecule has 4 rings (SSSR count). The number of thiophene rings is 1. The molecule has 0 unspecified atom stereocenters. The van der Waals surface area contributed by atoms with Crippen LogP contribution in [0.5, 0.6) is 0 Å². The summed E-state index contributed by atoms with van der Waals surface area (Å²) in [6.07, 6.45) is -4.04. The molecular formula is C22H18F3N3O2S. The Labute approximate surface area is 179 Å². The van der Waals surface area contributed by atoms with E-state index in [2.05, 4.69) is 5.10 Å². The minimum Gasteiger partial charge on any atom is -0.390 e. The van der Waals surface area contributed by atoms with Crippen LogP contribution in [-0.4, -0.2) is 20.8 Å². The number of nitrogens with two attached hydrogens (primary N) is 1. The standard InChI is InChI=1S/C22H18F3N3O2S/c1-12-19(21(26)30)18(11-29)28(27-12)17-7-3-5-14-10-16(31-20(14)17)9-13-4-2-6-15(8-13)22(23,24)25/h2-8,10,29H,9,11H2,1H3,(H2,26,30). The van der Waals surface area contributed by atoms with Crippen LogP contribution in [0.15, 0.2) is 48.5 Å². The highest BCUT2D eigenvalue weighted by molar-refractivity contribution is 7.19. The van der Waals surface area contributed by atoms with Gasteiger partial charge in [0.2, 0.25) is 0 Å². The second-order valence-electron chi connectivity index (χ2n) is 7.12. The van der Waals surface area contributed by atoms with E-state index in [1.807, 2.05) is 24.3 Å². The van der Waals surface area contributed by atoms with E-state index in [1.54, 1.807) is 13.0 Å². The Bertz CT molecular complexity index is 1290. The highest BCUT2D eigenvalue weighted by Crippen LogP contribution is 2.35. The van der Waals surface area contributed by atoms with Gasteiger partial charge in [-0.15, -0.1) is 11.3 Å². The molecule has 0 saturated carbocycles. The van der Waals surface area contributed by atoms with Gasteiger partial charge in [-0.05, 0) is 36.1 Å². The molecule has 160 valence electrons. The number of primary amides is 1. The number of aliphatic hydroxyl groups excluding tert-OH is 1. The lowest BCUT2D eigenvalue weighted by Gasteiger charge is -2.08. The number of nitrogens with zero attached hydrogens (tertiary/aromatic N) is 2. The fourth-order valence-corrected chi connectivity index (χ4v) is 4.85. The first-order valence-corrected chi connectivity index (χ1v) is 10.2. The van der Waals surface area contributed by atoms with Crippen LogP contribution in [0.25, 0.3) is 15.8 Å². The highest BCUT2D eigenvalue weighted by Gasteiger charge is 2.30. The molecule has 0 fully saturated rings. The van der Waals surface area contributed by atoms with E-state index in [0.29, 0.717) is 29.1 Å². The van der Waals surface area contributed by atoms with E-state index < -0.39 is 24.3 Å². The normalized spacial score (nSPS) is 11.9. The molecule has 0 atom stereocenters. The molecule has 5 nitrogen and oxygen atoms in total. The van der Waals surface area contributed by atoms with Gasteiger partial charge in [0.05, 0.1) is 39.5 Å². The SMILES string of the molecule is Cc1nn(-c2cccc3cc(Cc4cccc(C(F)(F)F)c4)sc23)c(CO)c1C(N)=O. The lowest BCUT2D eigenvalue weighted by molar-refractivity contribution is -0.137. The van der Waals surface area contributed by atoms with Gasteiger partial charge in [0.15, 0.2) is 0 Å². The molecule has 0 spiro atoms. The third-order valence-electron chi connectivity index (χ3n) is 4.99. The molecule has 3 N–H and O–H groups in total. The first-order valence-electron chi connectivity index (χ1n) is 9.36. The fourth-order valence-electron chi connectivity index (χ4n) is 3.65. The molecule has 0 aliphatic rings. The predicted molar refractivity (Wildman–Crippen MR) is 112 cm³/mol. The highest BCUT2D eigenvalue weighted by atomic mass is 32.1. The molecule has 31 heavy (non-hydrogen) atoms. The summed E-state index contributed by atoms with van der Waals surface area (Å²) in [6, 6.07) is 12.7. The van der Waals surface area contributed by atoms with Gasteiger partial charge in [-0.2, -0.15) is 18.3 Å². The van der Waals surface area contributed by atoms with Crippen LogP contribution in [0.2, 0.25) is 0 Å². The number of halogens is 3. The molecule has 2 aromatic carbocycles. The quantitative estimate of drug-likeness (QED) is 0.471. The lowest BCUT2D eigenvalue weighted by Crippen LogP contribution is -2.15. The molecule has 2 aromatic heterocycles. The smallest absolute Gasteiger partial charge is 0.390 e. The van der Waals surface area contributed by atoms with Gasteiger partial charge in [0, 0.05) is 11.3 Å². The van der Waals surface area contributed by atoms with Crippen LogP contribution in [0.3, 0.4) is 0 Å². The number of carbonyl (C=O) groups is 1. The maximum atomic E-state index is 13.0. The number of benzene rings is 2. The minimum atomic E-state index is -4.39. The molecule has 0 radical (unpaired) electrons. The summed E-state index contributed by atoms with van der Waals surface area (Å²) >= 11 is 1.43. The first-order chi connectivity index (χ1) is 14.7. The second kappa shape index (κ2) is 7.82. The summed E-state index contributed by atoms with van der Waals surface area (Å²) in [7, 11) is 0. The van der Waals surface area contributed by atoms with Crippen molar-refractivity contribution in [3.8, 4) is 5.69 Å². The molecule has 2 heterocycles. The van der Waals surface area contributed by atoms with Gasteiger partial charge in [-0.1, -0.05) is 30.3 Å². The van der Waals surface area contributed by atoms with Gasteiger partial charge >= 0.3 is 6.18 Å². The van der Waals surface area contributed by atoms with Crippen LogP contribution in [-0.2, 0) is 19.2 Å². The Morgan fingerprint density at radius 3 is 2.61 bits per heavy atom. The molecular weight excluding hydrogens is 427 g/mol.